The zero-order valence-corrected chi connectivity index (χ0v) is 15.7. The quantitative estimate of drug-likeness (QED) is 0.850. The molecular formula is C19H25N5O3. The van der Waals surface area contributed by atoms with Crippen molar-refractivity contribution in [3.63, 3.8) is 0 Å². The number of amides is 2. The Morgan fingerprint density at radius 1 is 1.19 bits per heavy atom. The summed E-state index contributed by atoms with van der Waals surface area (Å²) in [7, 11) is 1.50. The Morgan fingerprint density at radius 3 is 2.63 bits per heavy atom. The molecule has 1 aromatic carbocycles. The topological polar surface area (TPSA) is 91.4 Å². The van der Waals surface area contributed by atoms with Gasteiger partial charge in [-0.05, 0) is 18.9 Å². The smallest absolute Gasteiger partial charge is 0.249 e. The predicted molar refractivity (Wildman–Crippen MR) is 98.8 cm³/mol. The minimum atomic E-state index is -0.271. The van der Waals surface area contributed by atoms with Crippen LogP contribution in [0.2, 0.25) is 0 Å². The molecule has 144 valence electrons. The Labute approximate surface area is 158 Å². The van der Waals surface area contributed by atoms with E-state index in [-0.39, 0.29) is 24.5 Å². The highest BCUT2D eigenvalue weighted by atomic mass is 16.5. The number of H-pyrrole nitrogens is 1. The maximum atomic E-state index is 12.7. The van der Waals surface area contributed by atoms with Gasteiger partial charge in [0.05, 0.1) is 12.5 Å². The molecule has 8 heteroatoms. The van der Waals surface area contributed by atoms with Gasteiger partial charge in [-0.1, -0.05) is 30.3 Å². The first-order valence-corrected chi connectivity index (χ1v) is 9.07. The summed E-state index contributed by atoms with van der Waals surface area (Å²) in [4.78, 5) is 33.2. The van der Waals surface area contributed by atoms with Gasteiger partial charge < -0.3 is 14.5 Å². The van der Waals surface area contributed by atoms with Gasteiger partial charge in [0.25, 0.3) is 0 Å². The van der Waals surface area contributed by atoms with Crippen molar-refractivity contribution in [1.29, 1.82) is 0 Å². The second-order valence-electron chi connectivity index (χ2n) is 6.65. The predicted octanol–water partition coefficient (Wildman–Crippen LogP) is 1.10. The first kappa shape index (κ1) is 19.0. The van der Waals surface area contributed by atoms with Gasteiger partial charge in [0.2, 0.25) is 11.8 Å². The zero-order valence-electron chi connectivity index (χ0n) is 15.7. The van der Waals surface area contributed by atoms with Crippen molar-refractivity contribution in [2.75, 3.05) is 33.4 Å². The van der Waals surface area contributed by atoms with E-state index in [9.17, 15) is 9.59 Å². The lowest BCUT2D eigenvalue weighted by atomic mass is 10.1. The molecule has 0 saturated carbocycles. The van der Waals surface area contributed by atoms with E-state index in [4.69, 9.17) is 4.74 Å². The molecule has 2 amide bonds. The molecule has 1 fully saturated rings. The molecule has 27 heavy (non-hydrogen) atoms. The number of aromatic nitrogens is 3. The van der Waals surface area contributed by atoms with Gasteiger partial charge in [-0.25, -0.2) is 4.98 Å². The van der Waals surface area contributed by atoms with E-state index < -0.39 is 0 Å². The molecule has 1 aliphatic heterocycles. The molecule has 8 nitrogen and oxygen atoms in total. The number of nitrogens with one attached hydrogen (secondary N) is 1. The van der Waals surface area contributed by atoms with E-state index >= 15 is 0 Å². The van der Waals surface area contributed by atoms with Crippen LogP contribution in [0.5, 0.6) is 0 Å². The minimum Gasteiger partial charge on any atom is -0.375 e. The molecule has 1 aliphatic rings. The van der Waals surface area contributed by atoms with Gasteiger partial charge in [0.15, 0.2) is 5.82 Å². The van der Waals surface area contributed by atoms with Crippen LogP contribution in [-0.2, 0) is 20.7 Å². The normalized spacial score (nSPS) is 17.6. The lowest BCUT2D eigenvalue weighted by Gasteiger charge is -2.27. The molecule has 1 saturated heterocycles. The third-order valence-electron chi connectivity index (χ3n) is 4.71. The number of aromatic amines is 1. The highest BCUT2D eigenvalue weighted by Crippen LogP contribution is 2.25. The first-order chi connectivity index (χ1) is 13.1. The van der Waals surface area contributed by atoms with E-state index in [0.29, 0.717) is 44.1 Å². The largest absolute Gasteiger partial charge is 0.375 e. The third kappa shape index (κ3) is 4.71. The minimum absolute atomic E-state index is 0.00212. The Morgan fingerprint density at radius 2 is 1.96 bits per heavy atom. The lowest BCUT2D eigenvalue weighted by molar-refractivity contribution is -0.138. The van der Waals surface area contributed by atoms with E-state index in [1.807, 2.05) is 42.2 Å². The number of aryl methyl sites for hydroxylation is 1. The monoisotopic (exact) mass is 371 g/mol. The van der Waals surface area contributed by atoms with Crippen molar-refractivity contribution < 1.29 is 14.3 Å². The van der Waals surface area contributed by atoms with Gasteiger partial charge in [-0.2, -0.15) is 5.10 Å². The summed E-state index contributed by atoms with van der Waals surface area (Å²) in [5.74, 6) is 1.22. The summed E-state index contributed by atoms with van der Waals surface area (Å²) in [6.45, 7) is 3.30. The number of methoxy groups -OCH3 is 1. The Bertz CT molecular complexity index is 777. The van der Waals surface area contributed by atoms with Crippen LogP contribution in [0.1, 0.15) is 29.7 Å². The van der Waals surface area contributed by atoms with Crippen LogP contribution in [0.4, 0.5) is 0 Å². The summed E-state index contributed by atoms with van der Waals surface area (Å²) >= 11 is 0. The molecule has 0 aliphatic carbocycles. The maximum absolute atomic E-state index is 12.7. The van der Waals surface area contributed by atoms with Crippen LogP contribution in [0, 0.1) is 6.92 Å². The molecule has 3 rings (SSSR count). The van der Waals surface area contributed by atoms with Crippen LogP contribution >= 0.6 is 0 Å². The summed E-state index contributed by atoms with van der Waals surface area (Å²) in [6.07, 6.45) is 0.949. The van der Waals surface area contributed by atoms with Crippen molar-refractivity contribution in [2.24, 2.45) is 0 Å². The molecule has 0 radical (unpaired) electrons. The van der Waals surface area contributed by atoms with Gasteiger partial charge in [-0.3, -0.25) is 14.7 Å². The lowest BCUT2D eigenvalue weighted by Crippen LogP contribution is -2.40. The van der Waals surface area contributed by atoms with Crippen LogP contribution in [0.15, 0.2) is 30.3 Å². The molecule has 2 heterocycles. The Balaban J connectivity index is 1.74. The highest BCUT2D eigenvalue weighted by Gasteiger charge is 2.32. The summed E-state index contributed by atoms with van der Waals surface area (Å²) in [5, 5.41) is 7.07. The average molecular weight is 371 g/mol. The summed E-state index contributed by atoms with van der Waals surface area (Å²) < 4.78 is 5.02. The van der Waals surface area contributed by atoms with Gasteiger partial charge in [0, 0.05) is 26.7 Å². The second-order valence-corrected chi connectivity index (χ2v) is 6.65. The van der Waals surface area contributed by atoms with E-state index in [1.165, 1.54) is 7.11 Å². The molecular weight excluding hydrogens is 346 g/mol. The van der Waals surface area contributed by atoms with Gasteiger partial charge >= 0.3 is 0 Å². The van der Waals surface area contributed by atoms with Crippen LogP contribution in [-0.4, -0.2) is 70.1 Å². The second kappa shape index (κ2) is 8.77. The van der Waals surface area contributed by atoms with Gasteiger partial charge in [-0.15, -0.1) is 0 Å². The number of nitrogens with zero attached hydrogens (tertiary/aromatic N) is 4. The van der Waals surface area contributed by atoms with Crippen molar-refractivity contribution in [1.82, 2.24) is 25.0 Å². The number of ether oxygens (including phenoxy) is 1. The third-order valence-corrected chi connectivity index (χ3v) is 4.71. The van der Waals surface area contributed by atoms with E-state index in [1.54, 1.807) is 4.90 Å². The molecule has 2 aromatic rings. The number of hydrogen-bond donors (Lipinski definition) is 1. The van der Waals surface area contributed by atoms with E-state index in [2.05, 4.69) is 15.2 Å². The zero-order chi connectivity index (χ0) is 19.2. The summed E-state index contributed by atoms with van der Waals surface area (Å²) in [5.41, 5.74) is 0.986. The number of rotatable bonds is 5. The maximum Gasteiger partial charge on any atom is 0.249 e. The molecule has 1 aromatic heterocycles. The van der Waals surface area contributed by atoms with Crippen molar-refractivity contribution in [2.45, 2.75) is 25.8 Å². The van der Waals surface area contributed by atoms with Crippen LogP contribution in [0.3, 0.4) is 0 Å². The standard InChI is InChI=1S/C19H25N5O3/c1-14-20-19(22-21-14)16-8-9-23(10-11-24(16)18(26)13-27-2)17(25)12-15-6-4-3-5-7-15/h3-7,16H,8-13H2,1-2H3,(H,20,21,22). The molecule has 1 N–H and O–H groups in total. The van der Waals surface area contributed by atoms with Crippen LogP contribution in [0.25, 0.3) is 0 Å². The fraction of sp³-hybridized carbons (Fsp3) is 0.474. The molecule has 0 spiro atoms. The molecule has 1 unspecified atom stereocenters. The first-order valence-electron chi connectivity index (χ1n) is 9.07. The number of carbonyl (C=O) groups is 2. The number of benzene rings is 1. The van der Waals surface area contributed by atoms with Crippen molar-refractivity contribution >= 4 is 11.8 Å². The van der Waals surface area contributed by atoms with Crippen molar-refractivity contribution in [3.8, 4) is 0 Å². The number of hydrogen-bond acceptors (Lipinski definition) is 5. The number of carbonyl (C=O) groups excluding carboxylic acids is 2. The highest BCUT2D eigenvalue weighted by molar-refractivity contribution is 5.80. The van der Waals surface area contributed by atoms with E-state index in [0.717, 1.165) is 5.56 Å². The fourth-order valence-electron chi connectivity index (χ4n) is 3.34. The Kier molecular flexibility index (Phi) is 6.18. The van der Waals surface area contributed by atoms with Gasteiger partial charge in [0.1, 0.15) is 12.4 Å². The Hall–Kier alpha value is -2.74. The molecule has 1 atom stereocenters. The van der Waals surface area contributed by atoms with Crippen molar-refractivity contribution in [3.05, 3.63) is 47.5 Å². The SMILES string of the molecule is COCC(=O)N1CCN(C(=O)Cc2ccccc2)CCC1c1n[nH]c(C)n1. The molecule has 0 bridgehead atoms. The summed E-state index contributed by atoms with van der Waals surface area (Å²) in [6, 6.07) is 9.41. The average Bonchev–Trinajstić information content (AvgIpc) is 2.96. The fourth-order valence-corrected chi connectivity index (χ4v) is 3.34. The van der Waals surface area contributed by atoms with Crippen LogP contribution < -0.4 is 0 Å².